The zero-order chi connectivity index (χ0) is 24.0. The molecular weight excluding hydrogens is 459 g/mol. The number of benzene rings is 2. The van der Waals surface area contributed by atoms with E-state index < -0.39 is 29.3 Å². The van der Waals surface area contributed by atoms with Gasteiger partial charge in [-0.3, -0.25) is 14.5 Å². The molecule has 0 fully saturated rings. The number of nitrogens with zero attached hydrogens (tertiary/aromatic N) is 2. The highest BCUT2D eigenvalue weighted by Gasteiger charge is 2.46. The summed E-state index contributed by atoms with van der Waals surface area (Å²) >= 11 is 1.20. The molecule has 0 bridgehead atoms. The molecular formula is C25H19FN2O5S. The number of hydrogen-bond acceptors (Lipinski definition) is 7. The maximum atomic E-state index is 14.2. The lowest BCUT2D eigenvalue weighted by Crippen LogP contribution is -2.31. The predicted octanol–water partition coefficient (Wildman–Crippen LogP) is 5.52. The molecule has 1 aliphatic rings. The van der Waals surface area contributed by atoms with Gasteiger partial charge in [-0.15, -0.1) is 0 Å². The number of hydrogen-bond donors (Lipinski definition) is 1. The lowest BCUT2D eigenvalue weighted by Gasteiger charge is -2.24. The van der Waals surface area contributed by atoms with Gasteiger partial charge in [0.1, 0.15) is 17.3 Å². The lowest BCUT2D eigenvalue weighted by atomic mass is 9.95. The number of ether oxygens (including phenoxy) is 1. The third-order valence-corrected chi connectivity index (χ3v) is 6.46. The Hall–Kier alpha value is -3.98. The number of aromatic nitrogens is 1. The lowest BCUT2D eigenvalue weighted by molar-refractivity contribution is -0.117. The number of halogens is 1. The molecule has 0 unspecified atom stereocenters. The van der Waals surface area contributed by atoms with Crippen molar-refractivity contribution in [2.24, 2.45) is 0 Å². The van der Waals surface area contributed by atoms with Gasteiger partial charge >= 0.3 is 0 Å². The molecule has 4 aromatic rings. The third-order valence-electron chi connectivity index (χ3n) is 5.45. The molecule has 9 heteroatoms. The number of aryl methyl sites for hydroxylation is 1. The molecule has 0 radical (unpaired) electrons. The zero-order valence-corrected chi connectivity index (χ0v) is 19.1. The van der Waals surface area contributed by atoms with E-state index in [4.69, 9.17) is 9.15 Å². The quantitative estimate of drug-likeness (QED) is 0.367. The first kappa shape index (κ1) is 21.8. The van der Waals surface area contributed by atoms with Crippen molar-refractivity contribution in [3.63, 3.8) is 0 Å². The summed E-state index contributed by atoms with van der Waals surface area (Å²) in [5.74, 6) is -1.58. The second kappa shape index (κ2) is 8.42. The van der Waals surface area contributed by atoms with Gasteiger partial charge in [0.05, 0.1) is 28.4 Å². The first-order valence-corrected chi connectivity index (χ1v) is 11.4. The fraction of sp³-hybridized carbons (Fsp3) is 0.160. The summed E-state index contributed by atoms with van der Waals surface area (Å²) in [6.45, 7) is 4.06. The van der Waals surface area contributed by atoms with E-state index in [0.717, 1.165) is 4.70 Å². The van der Waals surface area contributed by atoms with E-state index in [1.165, 1.54) is 40.5 Å². The van der Waals surface area contributed by atoms with E-state index >= 15 is 0 Å². The Morgan fingerprint density at radius 3 is 2.76 bits per heavy atom. The smallest absolute Gasteiger partial charge is 0.296 e. The number of amides is 1. The molecule has 2 aromatic heterocycles. The Morgan fingerprint density at radius 1 is 1.24 bits per heavy atom. The van der Waals surface area contributed by atoms with Crippen LogP contribution >= 0.6 is 11.3 Å². The fourth-order valence-electron chi connectivity index (χ4n) is 3.97. The number of furan rings is 1. The number of thiazole rings is 1. The second-order valence-corrected chi connectivity index (χ2v) is 8.70. The second-order valence-electron chi connectivity index (χ2n) is 7.69. The van der Waals surface area contributed by atoms with Crippen molar-refractivity contribution in [2.45, 2.75) is 19.9 Å². The van der Waals surface area contributed by atoms with Crippen LogP contribution in [-0.2, 0) is 4.79 Å². The summed E-state index contributed by atoms with van der Waals surface area (Å²) < 4.78 is 25.9. The highest BCUT2D eigenvalue weighted by molar-refractivity contribution is 7.22. The number of aliphatic hydroxyl groups is 1. The van der Waals surface area contributed by atoms with Crippen molar-refractivity contribution in [3.8, 4) is 5.75 Å². The van der Waals surface area contributed by atoms with Crippen molar-refractivity contribution in [3.05, 3.63) is 88.8 Å². The zero-order valence-electron chi connectivity index (χ0n) is 18.2. The van der Waals surface area contributed by atoms with Crippen molar-refractivity contribution >= 4 is 38.4 Å². The van der Waals surface area contributed by atoms with Crippen molar-refractivity contribution in [2.75, 3.05) is 11.5 Å². The monoisotopic (exact) mass is 478 g/mol. The molecule has 1 N–H and O–H groups in total. The van der Waals surface area contributed by atoms with Gasteiger partial charge < -0.3 is 14.3 Å². The molecule has 2 aromatic carbocycles. The predicted molar refractivity (Wildman–Crippen MR) is 125 cm³/mol. The topological polar surface area (TPSA) is 92.9 Å². The van der Waals surface area contributed by atoms with Crippen LogP contribution in [0.3, 0.4) is 0 Å². The number of anilines is 1. The maximum absolute atomic E-state index is 14.2. The Kier molecular flexibility index (Phi) is 5.41. The van der Waals surface area contributed by atoms with Crippen LogP contribution in [0.2, 0.25) is 0 Å². The Bertz CT molecular complexity index is 1470. The Labute approximate surface area is 197 Å². The molecule has 0 spiro atoms. The van der Waals surface area contributed by atoms with Crippen LogP contribution in [0.25, 0.3) is 10.2 Å². The van der Waals surface area contributed by atoms with E-state index in [2.05, 4.69) is 4.98 Å². The van der Waals surface area contributed by atoms with Crippen LogP contribution in [0.15, 0.2) is 70.3 Å². The minimum atomic E-state index is -1.09. The first-order valence-electron chi connectivity index (χ1n) is 10.5. The van der Waals surface area contributed by atoms with E-state index in [1.54, 1.807) is 31.2 Å². The number of fused-ring (bicyclic) bond motifs is 1. The number of Topliss-reactive ketones (excluding diaryl/α,β-unsaturated/α-hetero) is 1. The van der Waals surface area contributed by atoms with E-state index in [0.29, 0.717) is 29.2 Å². The molecule has 1 aliphatic heterocycles. The molecule has 0 aliphatic carbocycles. The van der Waals surface area contributed by atoms with Crippen LogP contribution in [0.4, 0.5) is 9.52 Å². The van der Waals surface area contributed by atoms with Gasteiger partial charge in [-0.2, -0.15) is 0 Å². The summed E-state index contributed by atoms with van der Waals surface area (Å²) in [5, 5.41) is 11.1. The Balaban J connectivity index is 1.65. The van der Waals surface area contributed by atoms with Crippen LogP contribution in [0, 0.1) is 12.7 Å². The number of carbonyl (C=O) groups is 2. The van der Waals surface area contributed by atoms with Crippen molar-refractivity contribution in [1.82, 2.24) is 4.98 Å². The summed E-state index contributed by atoms with van der Waals surface area (Å²) in [6.07, 6.45) is 0. The largest absolute Gasteiger partial charge is 0.503 e. The van der Waals surface area contributed by atoms with E-state index in [-0.39, 0.29) is 16.5 Å². The van der Waals surface area contributed by atoms with Gasteiger partial charge in [-0.1, -0.05) is 23.5 Å². The van der Waals surface area contributed by atoms with Gasteiger partial charge in [-0.05, 0) is 61.9 Å². The molecule has 34 heavy (non-hydrogen) atoms. The van der Waals surface area contributed by atoms with Gasteiger partial charge in [0, 0.05) is 0 Å². The molecule has 3 heterocycles. The Morgan fingerprint density at radius 2 is 2.06 bits per heavy atom. The standard InChI is InChI=1S/C25H19FN2O5S/c1-3-32-16-8-9-17-19(12-16)34-25(27-17)28-21(14-5-4-6-15(26)11-14)20(23(30)24(28)31)22(29)18-10-7-13(2)33-18/h4-12,21,30H,3H2,1-2H3/t21-/m0/s1. The molecule has 0 saturated carbocycles. The third kappa shape index (κ3) is 3.63. The number of ketones is 1. The van der Waals surface area contributed by atoms with Crippen LogP contribution < -0.4 is 9.64 Å². The highest BCUT2D eigenvalue weighted by Crippen LogP contribution is 2.44. The minimum absolute atomic E-state index is 0.0271. The number of rotatable bonds is 6. The average molecular weight is 479 g/mol. The summed E-state index contributed by atoms with van der Waals surface area (Å²) in [4.78, 5) is 32.4. The first-order chi connectivity index (χ1) is 16.4. The van der Waals surface area contributed by atoms with Crippen LogP contribution in [-0.4, -0.2) is 28.4 Å². The normalized spacial score (nSPS) is 16.0. The van der Waals surface area contributed by atoms with Crippen LogP contribution in [0.1, 0.15) is 34.8 Å². The summed E-state index contributed by atoms with van der Waals surface area (Å²) in [5.41, 5.74) is 0.743. The van der Waals surface area contributed by atoms with Gasteiger partial charge in [0.15, 0.2) is 16.7 Å². The van der Waals surface area contributed by atoms with Gasteiger partial charge in [0.2, 0.25) is 5.78 Å². The summed E-state index contributed by atoms with van der Waals surface area (Å²) in [7, 11) is 0. The average Bonchev–Trinajstić information content (AvgIpc) is 3.50. The van der Waals surface area contributed by atoms with Gasteiger partial charge in [0.25, 0.3) is 5.91 Å². The number of carbonyl (C=O) groups excluding carboxylic acids is 2. The maximum Gasteiger partial charge on any atom is 0.296 e. The molecule has 0 saturated heterocycles. The molecule has 172 valence electrons. The number of aliphatic hydroxyl groups excluding tert-OH is 1. The summed E-state index contributed by atoms with van der Waals surface area (Å²) in [6, 6.07) is 12.9. The van der Waals surface area contributed by atoms with Crippen molar-refractivity contribution in [1.29, 1.82) is 0 Å². The molecule has 1 amide bonds. The van der Waals surface area contributed by atoms with Crippen molar-refractivity contribution < 1.29 is 28.2 Å². The van der Waals surface area contributed by atoms with Gasteiger partial charge in [-0.25, -0.2) is 9.37 Å². The van der Waals surface area contributed by atoms with Crippen LogP contribution in [0.5, 0.6) is 5.75 Å². The molecule has 5 rings (SSSR count). The highest BCUT2D eigenvalue weighted by atomic mass is 32.1. The minimum Gasteiger partial charge on any atom is -0.503 e. The SMILES string of the molecule is CCOc1ccc2nc(N3C(=O)C(O)=C(C(=O)c4ccc(C)o4)[C@@H]3c3cccc(F)c3)sc2c1. The molecule has 7 nitrogen and oxygen atoms in total. The van der Waals surface area contributed by atoms with E-state index in [1.807, 2.05) is 13.0 Å². The fourth-order valence-corrected chi connectivity index (χ4v) is 4.99. The van der Waals surface area contributed by atoms with E-state index in [9.17, 15) is 19.1 Å². The molecule has 1 atom stereocenters.